The average Bonchev–Trinajstić information content (AvgIpc) is 3.26. The fourth-order valence-electron chi connectivity index (χ4n) is 2.99. The van der Waals surface area contributed by atoms with E-state index in [0.717, 1.165) is 51.6 Å². The van der Waals surface area contributed by atoms with Gasteiger partial charge in [-0.2, -0.15) is 5.10 Å². The zero-order chi connectivity index (χ0) is 15.4. The lowest BCUT2D eigenvalue weighted by Gasteiger charge is -2.21. The molecule has 1 aliphatic heterocycles. The van der Waals surface area contributed by atoms with Crippen LogP contribution in [0.3, 0.4) is 0 Å². The van der Waals surface area contributed by atoms with Crippen molar-refractivity contribution in [3.8, 4) is 0 Å². The van der Waals surface area contributed by atoms with Crippen LogP contribution in [0.1, 0.15) is 24.8 Å². The zero-order valence-corrected chi connectivity index (χ0v) is 13.5. The van der Waals surface area contributed by atoms with Gasteiger partial charge in [-0.05, 0) is 38.3 Å². The van der Waals surface area contributed by atoms with Crippen LogP contribution in [0.15, 0.2) is 12.4 Å². The number of nitrogens with one attached hydrogen (secondary N) is 1. The van der Waals surface area contributed by atoms with Crippen molar-refractivity contribution in [3.63, 3.8) is 0 Å². The molecule has 3 rings (SSSR count). The molecule has 1 saturated carbocycles. The molecule has 0 aromatic carbocycles. The molecule has 0 bridgehead atoms. The van der Waals surface area contributed by atoms with Crippen molar-refractivity contribution in [2.24, 2.45) is 13.0 Å². The van der Waals surface area contributed by atoms with Crippen LogP contribution in [-0.4, -0.2) is 64.8 Å². The molecule has 0 unspecified atom stereocenters. The Morgan fingerprint density at radius 1 is 1.27 bits per heavy atom. The first-order valence-electron chi connectivity index (χ1n) is 8.38. The lowest BCUT2D eigenvalue weighted by atomic mass is 10.3. The Kier molecular flexibility index (Phi) is 5.10. The van der Waals surface area contributed by atoms with E-state index in [-0.39, 0.29) is 5.91 Å². The summed E-state index contributed by atoms with van der Waals surface area (Å²) in [6.45, 7) is 6.47. The van der Waals surface area contributed by atoms with E-state index in [4.69, 9.17) is 0 Å². The Labute approximate surface area is 132 Å². The van der Waals surface area contributed by atoms with E-state index in [2.05, 4.69) is 26.4 Å². The van der Waals surface area contributed by atoms with Gasteiger partial charge in [-0.15, -0.1) is 0 Å². The summed E-state index contributed by atoms with van der Waals surface area (Å²) in [5, 5.41) is 7.29. The molecule has 1 aromatic rings. The molecule has 6 nitrogen and oxygen atoms in total. The van der Waals surface area contributed by atoms with Gasteiger partial charge in [-0.25, -0.2) is 0 Å². The van der Waals surface area contributed by atoms with Crippen molar-refractivity contribution < 1.29 is 4.79 Å². The SMILES string of the molecule is Cn1cc(CN2CCCN(CC(=O)NCC3CC3)CC2)cn1. The fraction of sp³-hybridized carbons (Fsp3) is 0.750. The highest BCUT2D eigenvalue weighted by atomic mass is 16.2. The van der Waals surface area contributed by atoms with Crippen LogP contribution in [0, 0.1) is 5.92 Å². The molecule has 2 fully saturated rings. The van der Waals surface area contributed by atoms with E-state index >= 15 is 0 Å². The Morgan fingerprint density at radius 3 is 2.77 bits per heavy atom. The van der Waals surface area contributed by atoms with Crippen LogP contribution in [0.5, 0.6) is 0 Å². The number of aryl methyl sites for hydroxylation is 1. The van der Waals surface area contributed by atoms with Gasteiger partial charge in [-0.1, -0.05) is 0 Å². The molecule has 6 heteroatoms. The minimum absolute atomic E-state index is 0.188. The first-order valence-corrected chi connectivity index (χ1v) is 8.38. The number of carbonyl (C=O) groups is 1. The van der Waals surface area contributed by atoms with Crippen molar-refractivity contribution >= 4 is 5.91 Å². The van der Waals surface area contributed by atoms with Crippen molar-refractivity contribution in [1.29, 1.82) is 0 Å². The second-order valence-electron chi connectivity index (χ2n) is 6.68. The fourth-order valence-corrected chi connectivity index (χ4v) is 2.99. The predicted octanol–water partition coefficient (Wildman–Crippen LogP) is 0.454. The molecule has 1 saturated heterocycles. The van der Waals surface area contributed by atoms with Gasteiger partial charge in [-0.3, -0.25) is 19.3 Å². The van der Waals surface area contributed by atoms with Crippen LogP contribution in [0.2, 0.25) is 0 Å². The van der Waals surface area contributed by atoms with Gasteiger partial charge in [0.15, 0.2) is 0 Å². The highest BCUT2D eigenvalue weighted by molar-refractivity contribution is 5.78. The van der Waals surface area contributed by atoms with Crippen LogP contribution in [0.25, 0.3) is 0 Å². The predicted molar refractivity (Wildman–Crippen MR) is 85.3 cm³/mol. The second kappa shape index (κ2) is 7.24. The summed E-state index contributed by atoms with van der Waals surface area (Å²) in [5.41, 5.74) is 1.26. The molecule has 1 aromatic heterocycles. The molecule has 1 N–H and O–H groups in total. The smallest absolute Gasteiger partial charge is 0.234 e. The van der Waals surface area contributed by atoms with Gasteiger partial charge >= 0.3 is 0 Å². The molecule has 2 aliphatic rings. The Bertz CT molecular complexity index is 496. The largest absolute Gasteiger partial charge is 0.355 e. The maximum Gasteiger partial charge on any atom is 0.234 e. The molecular formula is C16H27N5O. The molecule has 1 aliphatic carbocycles. The Morgan fingerprint density at radius 2 is 2.05 bits per heavy atom. The number of hydrogen-bond acceptors (Lipinski definition) is 4. The quantitative estimate of drug-likeness (QED) is 0.829. The molecule has 0 atom stereocenters. The van der Waals surface area contributed by atoms with E-state index in [1.165, 1.54) is 18.4 Å². The summed E-state index contributed by atoms with van der Waals surface area (Å²) in [4.78, 5) is 16.7. The van der Waals surface area contributed by atoms with E-state index in [9.17, 15) is 4.79 Å². The lowest BCUT2D eigenvalue weighted by molar-refractivity contribution is -0.122. The molecule has 2 heterocycles. The third-order valence-corrected chi connectivity index (χ3v) is 4.50. The summed E-state index contributed by atoms with van der Waals surface area (Å²) in [6, 6.07) is 0. The average molecular weight is 305 g/mol. The number of nitrogens with zero attached hydrogens (tertiary/aromatic N) is 4. The van der Waals surface area contributed by atoms with Crippen molar-refractivity contribution in [1.82, 2.24) is 24.9 Å². The standard InChI is InChI=1S/C16H27N5O/c1-19-11-15(10-18-19)12-20-5-2-6-21(8-7-20)13-16(22)17-9-14-3-4-14/h10-11,14H,2-9,12-13H2,1H3,(H,17,22). The molecule has 122 valence electrons. The first kappa shape index (κ1) is 15.5. The van der Waals surface area contributed by atoms with E-state index in [1.54, 1.807) is 0 Å². The summed E-state index contributed by atoms with van der Waals surface area (Å²) in [5.74, 6) is 0.940. The normalized spacial score (nSPS) is 20.8. The maximum absolute atomic E-state index is 12.0. The zero-order valence-electron chi connectivity index (χ0n) is 13.5. The number of rotatable bonds is 6. The number of carbonyl (C=O) groups excluding carboxylic acids is 1. The minimum Gasteiger partial charge on any atom is -0.355 e. The molecule has 1 amide bonds. The summed E-state index contributed by atoms with van der Waals surface area (Å²) in [6.07, 6.45) is 7.71. The third-order valence-electron chi connectivity index (χ3n) is 4.50. The third kappa shape index (κ3) is 4.81. The van der Waals surface area contributed by atoms with Crippen molar-refractivity contribution in [3.05, 3.63) is 18.0 Å². The van der Waals surface area contributed by atoms with Gasteiger partial charge < -0.3 is 5.32 Å². The molecule has 22 heavy (non-hydrogen) atoms. The number of amides is 1. The summed E-state index contributed by atoms with van der Waals surface area (Å²) >= 11 is 0. The van der Waals surface area contributed by atoms with Gasteiger partial charge in [0.05, 0.1) is 12.7 Å². The van der Waals surface area contributed by atoms with Gasteiger partial charge in [0, 0.05) is 45.0 Å². The minimum atomic E-state index is 0.188. The maximum atomic E-state index is 12.0. The van der Waals surface area contributed by atoms with E-state index < -0.39 is 0 Å². The highest BCUT2D eigenvalue weighted by Gasteiger charge is 2.22. The molecule has 0 spiro atoms. The van der Waals surface area contributed by atoms with Gasteiger partial charge in [0.25, 0.3) is 0 Å². The van der Waals surface area contributed by atoms with Crippen LogP contribution in [0.4, 0.5) is 0 Å². The van der Waals surface area contributed by atoms with Gasteiger partial charge in [0.2, 0.25) is 5.91 Å². The Hall–Kier alpha value is -1.40. The monoisotopic (exact) mass is 305 g/mol. The lowest BCUT2D eigenvalue weighted by Crippen LogP contribution is -2.39. The second-order valence-corrected chi connectivity index (χ2v) is 6.68. The van der Waals surface area contributed by atoms with Crippen LogP contribution in [-0.2, 0) is 18.4 Å². The number of hydrogen-bond donors (Lipinski definition) is 1. The molecule has 0 radical (unpaired) electrons. The van der Waals surface area contributed by atoms with E-state index in [0.29, 0.717) is 6.54 Å². The highest BCUT2D eigenvalue weighted by Crippen LogP contribution is 2.27. The topological polar surface area (TPSA) is 53.4 Å². The summed E-state index contributed by atoms with van der Waals surface area (Å²) in [7, 11) is 1.95. The van der Waals surface area contributed by atoms with Crippen LogP contribution >= 0.6 is 0 Å². The van der Waals surface area contributed by atoms with Crippen molar-refractivity contribution in [2.45, 2.75) is 25.8 Å². The number of aromatic nitrogens is 2. The summed E-state index contributed by atoms with van der Waals surface area (Å²) < 4.78 is 1.85. The van der Waals surface area contributed by atoms with Crippen molar-refractivity contribution in [2.75, 3.05) is 39.3 Å². The van der Waals surface area contributed by atoms with Crippen LogP contribution < -0.4 is 5.32 Å². The molecular weight excluding hydrogens is 278 g/mol. The van der Waals surface area contributed by atoms with Gasteiger partial charge in [0.1, 0.15) is 0 Å². The first-order chi connectivity index (χ1) is 10.7. The van der Waals surface area contributed by atoms with E-state index in [1.807, 2.05) is 17.9 Å². The Balaban J connectivity index is 1.40.